The van der Waals surface area contributed by atoms with Gasteiger partial charge in [0.05, 0.1) is 32.0 Å². The van der Waals surface area contributed by atoms with Crippen LogP contribution in [0.5, 0.6) is 23.0 Å². The van der Waals surface area contributed by atoms with Crippen LogP contribution in [0.2, 0.25) is 0 Å². The van der Waals surface area contributed by atoms with Gasteiger partial charge in [0.25, 0.3) is 0 Å². The molecule has 0 atom stereocenters. The minimum absolute atomic E-state index is 0.149. The Hall–Kier alpha value is -3.25. The molecule has 6 heteroatoms. The molecule has 33 heavy (non-hydrogen) atoms. The van der Waals surface area contributed by atoms with E-state index in [0.29, 0.717) is 35.2 Å². The zero-order valence-corrected chi connectivity index (χ0v) is 20.3. The largest absolute Gasteiger partial charge is 0.496 e. The first-order valence-corrected chi connectivity index (χ1v) is 11.0. The first kappa shape index (κ1) is 24.4. The van der Waals surface area contributed by atoms with Gasteiger partial charge in [-0.1, -0.05) is 12.1 Å². The quantitative estimate of drug-likeness (QED) is 0.284. The molecule has 1 heterocycles. The molecule has 0 saturated carbocycles. The average Bonchev–Trinajstić information content (AvgIpc) is 2.78. The molecule has 0 saturated heterocycles. The molecule has 0 radical (unpaired) electrons. The van der Waals surface area contributed by atoms with Crippen molar-refractivity contribution in [3.63, 3.8) is 0 Å². The summed E-state index contributed by atoms with van der Waals surface area (Å²) in [6, 6.07) is 9.15. The molecule has 3 rings (SSSR count). The number of hydrogen-bond acceptors (Lipinski definition) is 6. The molecular weight excluding hydrogens is 418 g/mol. The highest BCUT2D eigenvalue weighted by Crippen LogP contribution is 2.40. The minimum atomic E-state index is -0.507. The molecule has 1 aliphatic heterocycles. The number of carbonyl (C=O) groups excluding carboxylic acids is 1. The van der Waals surface area contributed by atoms with Crippen LogP contribution in [0.3, 0.4) is 0 Å². The van der Waals surface area contributed by atoms with Crippen molar-refractivity contribution in [1.82, 2.24) is 4.90 Å². The summed E-state index contributed by atoms with van der Waals surface area (Å²) in [5.74, 6) is 2.38. The van der Waals surface area contributed by atoms with Crippen LogP contribution in [0.25, 0.3) is 12.2 Å². The Bertz CT molecular complexity index is 1050. The van der Waals surface area contributed by atoms with Crippen LogP contribution < -0.4 is 18.9 Å². The van der Waals surface area contributed by atoms with Crippen molar-refractivity contribution in [2.75, 3.05) is 41.5 Å². The van der Waals surface area contributed by atoms with Gasteiger partial charge >= 0.3 is 0 Å². The molecule has 0 aromatic heterocycles. The molecule has 6 nitrogen and oxygen atoms in total. The fourth-order valence-electron chi connectivity index (χ4n) is 3.54. The van der Waals surface area contributed by atoms with E-state index in [-0.39, 0.29) is 5.78 Å². The lowest BCUT2D eigenvalue weighted by Crippen LogP contribution is -2.28. The van der Waals surface area contributed by atoms with Crippen LogP contribution >= 0.6 is 0 Å². The third-order valence-corrected chi connectivity index (χ3v) is 5.28. The third-order valence-electron chi connectivity index (χ3n) is 5.28. The van der Waals surface area contributed by atoms with Gasteiger partial charge in [-0.05, 0) is 82.4 Å². The topological polar surface area (TPSA) is 57.2 Å². The Balaban J connectivity index is 1.81. The number of rotatable bonds is 10. The lowest BCUT2D eigenvalue weighted by Gasteiger charge is -2.29. The summed E-state index contributed by atoms with van der Waals surface area (Å²) >= 11 is 0. The first-order valence-electron chi connectivity index (χ1n) is 11.0. The maximum Gasteiger partial charge on any atom is 0.189 e. The van der Waals surface area contributed by atoms with Crippen LogP contribution in [0, 0.1) is 0 Å². The van der Waals surface area contributed by atoms with Crippen molar-refractivity contribution in [2.45, 2.75) is 25.9 Å². The molecule has 0 aliphatic carbocycles. The van der Waals surface area contributed by atoms with Gasteiger partial charge < -0.3 is 23.8 Å². The Kier molecular flexibility index (Phi) is 7.82. The van der Waals surface area contributed by atoms with E-state index in [9.17, 15) is 4.79 Å². The van der Waals surface area contributed by atoms with E-state index in [2.05, 4.69) is 4.90 Å². The number of ketones is 1. The number of methoxy groups -OCH3 is 2. The molecule has 2 aromatic carbocycles. The summed E-state index contributed by atoms with van der Waals surface area (Å²) in [7, 11) is 7.29. The van der Waals surface area contributed by atoms with E-state index < -0.39 is 5.60 Å². The summed E-state index contributed by atoms with van der Waals surface area (Å²) in [5.41, 5.74) is 1.60. The number of ether oxygens (including phenoxy) is 4. The van der Waals surface area contributed by atoms with Crippen molar-refractivity contribution < 1.29 is 23.7 Å². The highest BCUT2D eigenvalue weighted by molar-refractivity contribution is 6.09. The number of carbonyl (C=O) groups is 1. The van der Waals surface area contributed by atoms with Crippen molar-refractivity contribution in [3.05, 3.63) is 59.2 Å². The Labute approximate surface area is 196 Å². The van der Waals surface area contributed by atoms with E-state index in [1.165, 1.54) is 0 Å². The summed E-state index contributed by atoms with van der Waals surface area (Å²) in [6.07, 6.45) is 8.13. The van der Waals surface area contributed by atoms with Crippen LogP contribution in [0.15, 0.2) is 42.5 Å². The lowest BCUT2D eigenvalue weighted by atomic mass is 9.97. The van der Waals surface area contributed by atoms with Crippen molar-refractivity contribution in [3.8, 4) is 23.0 Å². The molecule has 0 bridgehead atoms. The van der Waals surface area contributed by atoms with Gasteiger partial charge in [0.1, 0.15) is 17.1 Å². The third kappa shape index (κ3) is 6.17. The second-order valence-corrected chi connectivity index (χ2v) is 8.71. The van der Waals surface area contributed by atoms with Crippen molar-refractivity contribution in [1.29, 1.82) is 0 Å². The maximum atomic E-state index is 13.1. The van der Waals surface area contributed by atoms with Gasteiger partial charge in [0.15, 0.2) is 17.3 Å². The fourth-order valence-corrected chi connectivity index (χ4v) is 3.54. The van der Waals surface area contributed by atoms with E-state index in [0.717, 1.165) is 24.1 Å². The minimum Gasteiger partial charge on any atom is -0.496 e. The van der Waals surface area contributed by atoms with Gasteiger partial charge in [0.2, 0.25) is 0 Å². The molecule has 1 aliphatic rings. The van der Waals surface area contributed by atoms with E-state index >= 15 is 0 Å². The Morgan fingerprint density at radius 1 is 1.06 bits per heavy atom. The van der Waals surface area contributed by atoms with Gasteiger partial charge in [-0.3, -0.25) is 4.79 Å². The van der Waals surface area contributed by atoms with Gasteiger partial charge in [0, 0.05) is 6.54 Å². The normalized spacial score (nSPS) is 14.2. The predicted molar refractivity (Wildman–Crippen MR) is 132 cm³/mol. The molecule has 2 aromatic rings. The molecule has 176 valence electrons. The molecule has 0 unspecified atom stereocenters. The standard InChI is InChI=1S/C27H33NO5/c1-27(2)15-14-21-23(30-5)13-10-20(26(21)33-27)22(29)11-8-19-9-12-24(31-6)25(18-19)32-17-7-16-28(3)4/h8-15,18H,7,16-17H2,1-6H3/b11-8+. The Morgan fingerprint density at radius 2 is 1.79 bits per heavy atom. The van der Waals surface area contributed by atoms with Crippen molar-refractivity contribution >= 4 is 17.9 Å². The molecule has 0 amide bonds. The van der Waals surface area contributed by atoms with Crippen LogP contribution in [0.1, 0.15) is 41.8 Å². The zero-order valence-electron chi connectivity index (χ0n) is 20.3. The molecule has 0 spiro atoms. The number of benzene rings is 2. The lowest BCUT2D eigenvalue weighted by molar-refractivity contribution is 0.103. The molecule has 0 N–H and O–H groups in total. The van der Waals surface area contributed by atoms with Crippen LogP contribution in [-0.2, 0) is 0 Å². The van der Waals surface area contributed by atoms with Gasteiger partial charge in [-0.2, -0.15) is 0 Å². The second-order valence-electron chi connectivity index (χ2n) is 8.71. The first-order chi connectivity index (χ1) is 15.7. The van der Waals surface area contributed by atoms with E-state index in [4.69, 9.17) is 18.9 Å². The Morgan fingerprint density at radius 3 is 2.48 bits per heavy atom. The predicted octanol–water partition coefficient (Wildman–Crippen LogP) is 5.11. The number of hydrogen-bond donors (Lipinski definition) is 0. The highest BCUT2D eigenvalue weighted by Gasteiger charge is 2.27. The molecular formula is C27H33NO5. The number of fused-ring (bicyclic) bond motifs is 1. The molecule has 0 fully saturated rings. The highest BCUT2D eigenvalue weighted by atomic mass is 16.5. The van der Waals surface area contributed by atoms with Crippen molar-refractivity contribution in [2.24, 2.45) is 0 Å². The van der Waals surface area contributed by atoms with Crippen LogP contribution in [0.4, 0.5) is 0 Å². The zero-order chi connectivity index (χ0) is 24.0. The summed E-state index contributed by atoms with van der Waals surface area (Å²) < 4.78 is 22.9. The summed E-state index contributed by atoms with van der Waals surface area (Å²) in [4.78, 5) is 15.2. The fraction of sp³-hybridized carbons (Fsp3) is 0.370. The maximum absolute atomic E-state index is 13.1. The summed E-state index contributed by atoms with van der Waals surface area (Å²) in [5, 5.41) is 0. The second kappa shape index (κ2) is 10.6. The average molecular weight is 452 g/mol. The number of nitrogens with zero attached hydrogens (tertiary/aromatic N) is 1. The van der Waals surface area contributed by atoms with E-state index in [1.807, 2.05) is 58.3 Å². The van der Waals surface area contributed by atoms with Gasteiger partial charge in [-0.25, -0.2) is 0 Å². The summed E-state index contributed by atoms with van der Waals surface area (Å²) in [6.45, 7) is 5.43. The van der Waals surface area contributed by atoms with Crippen LogP contribution in [-0.4, -0.2) is 57.8 Å². The smallest absolute Gasteiger partial charge is 0.189 e. The van der Waals surface area contributed by atoms with Gasteiger partial charge in [-0.15, -0.1) is 0 Å². The SMILES string of the molecule is COc1ccc(/C=C/C(=O)c2ccc(OC)c3c2OC(C)(C)C=C3)cc1OCCCN(C)C. The number of allylic oxidation sites excluding steroid dienone is 1. The monoisotopic (exact) mass is 451 g/mol. The van der Waals surface area contributed by atoms with E-state index in [1.54, 1.807) is 38.5 Å².